The zero-order valence-corrected chi connectivity index (χ0v) is 64.6. The number of nitrogens with zero attached hydrogens (tertiary/aromatic N) is 2. The first-order chi connectivity index (χ1) is 41.3. The molecule has 4 aromatic carbocycles. The van der Waals surface area contributed by atoms with Crippen LogP contribution in [0.4, 0.5) is 0 Å². The van der Waals surface area contributed by atoms with Crippen molar-refractivity contribution in [3.05, 3.63) is 219 Å². The van der Waals surface area contributed by atoms with Gasteiger partial charge >= 0.3 is 52.4 Å². The average molecular weight is 1380 g/mol. The van der Waals surface area contributed by atoms with Crippen molar-refractivity contribution in [2.24, 2.45) is 0 Å². The number of hydrogen-bond acceptors (Lipinski definition) is 6. The Bertz CT molecular complexity index is 2970. The van der Waals surface area contributed by atoms with E-state index in [-0.39, 0.29) is 123 Å². The molecule has 482 valence electrons. The van der Waals surface area contributed by atoms with Crippen LogP contribution in [0.5, 0.6) is 0 Å². The third-order valence-electron chi connectivity index (χ3n) is 15.6. The third kappa shape index (κ3) is 22.9. The number of hydrogen-bond donors (Lipinski definition) is 6. The van der Waals surface area contributed by atoms with Gasteiger partial charge in [-0.2, -0.15) is 28.2 Å². The molecule has 0 saturated carbocycles. The summed E-state index contributed by atoms with van der Waals surface area (Å²) in [5, 5.41) is 26.7. The van der Waals surface area contributed by atoms with E-state index in [1.165, 1.54) is 0 Å². The van der Waals surface area contributed by atoms with Gasteiger partial charge in [0.15, 0.2) is 0 Å². The molecular formula is C76H110N8O4Zr2+4. The second kappa shape index (κ2) is 39.1. The number of benzene rings is 4. The van der Waals surface area contributed by atoms with Gasteiger partial charge in [0.1, 0.15) is 0 Å². The molecule has 4 amide bonds. The Morgan fingerprint density at radius 1 is 0.356 bits per heavy atom. The predicted molar refractivity (Wildman–Crippen MR) is 373 cm³/mol. The molecule has 6 N–H and O–H groups in total. The summed E-state index contributed by atoms with van der Waals surface area (Å²) in [7, 11) is 7.00. The van der Waals surface area contributed by atoms with Crippen molar-refractivity contribution in [1.82, 2.24) is 31.9 Å². The topological polar surface area (TPSA) is 169 Å². The van der Waals surface area contributed by atoms with Crippen molar-refractivity contribution in [3.8, 4) is 0 Å². The summed E-state index contributed by atoms with van der Waals surface area (Å²) >= 11 is 0. The maximum Gasteiger partial charge on any atom is 4.00 e. The van der Waals surface area contributed by atoms with Crippen LogP contribution in [-0.4, -0.2) is 51.8 Å². The van der Waals surface area contributed by atoms with E-state index >= 15 is 0 Å². The van der Waals surface area contributed by atoms with Crippen LogP contribution in [0.3, 0.4) is 0 Å². The monoisotopic (exact) mass is 1380 g/mol. The smallest absolute Gasteiger partial charge is 0.668 e. The summed E-state index contributed by atoms with van der Waals surface area (Å²) in [6.45, 7) is 45.8. The maximum absolute atomic E-state index is 13.7. The van der Waals surface area contributed by atoms with Crippen LogP contribution in [0.15, 0.2) is 142 Å². The van der Waals surface area contributed by atoms with Gasteiger partial charge in [-0.1, -0.05) is 195 Å². The first kappa shape index (κ1) is 82.5. The molecule has 14 heteroatoms. The molecule has 12 nitrogen and oxygen atoms in total. The van der Waals surface area contributed by atoms with Crippen molar-refractivity contribution in [1.29, 1.82) is 0 Å². The Morgan fingerprint density at radius 3 is 0.689 bits per heavy atom. The van der Waals surface area contributed by atoms with Crippen LogP contribution in [-0.2, 0) is 52.4 Å². The summed E-state index contributed by atoms with van der Waals surface area (Å²) in [4.78, 5) is 54.6. The molecule has 0 fully saturated rings. The molecule has 2 heterocycles. The molecule has 0 aliphatic carbocycles. The van der Waals surface area contributed by atoms with Gasteiger partial charge < -0.3 is 42.5 Å². The summed E-state index contributed by atoms with van der Waals surface area (Å²) in [6, 6.07) is 24.6. The van der Waals surface area contributed by atoms with Crippen molar-refractivity contribution in [2.45, 2.75) is 213 Å². The number of nitrogens with one attached hydrogen (secondary N) is 6. The fourth-order valence-corrected chi connectivity index (χ4v) is 11.0. The fraction of sp³-hybridized carbons (Fsp3) is 0.474. The Kier molecular flexibility index (Phi) is 35.9. The van der Waals surface area contributed by atoms with E-state index in [0.717, 1.165) is 123 Å². The zero-order chi connectivity index (χ0) is 66.6. The van der Waals surface area contributed by atoms with Crippen LogP contribution in [0.2, 0.25) is 0 Å². The zero-order valence-electron chi connectivity index (χ0n) is 59.6. The number of carbonyl (C=O) groups excluding carboxylic acids is 4. The molecule has 0 radical (unpaired) electrons. The van der Waals surface area contributed by atoms with Crippen LogP contribution < -0.4 is 31.9 Å². The summed E-state index contributed by atoms with van der Waals surface area (Å²) in [6.07, 6.45) is 5.51. The summed E-state index contributed by atoms with van der Waals surface area (Å²) in [5.74, 6) is 1.51. The number of carbonyl (C=O) groups is 4. The molecule has 4 aromatic rings. The van der Waals surface area contributed by atoms with Crippen LogP contribution >= 0.6 is 0 Å². The van der Waals surface area contributed by atoms with Crippen LogP contribution in [0, 0.1) is 0 Å². The van der Waals surface area contributed by atoms with Gasteiger partial charge in [0, 0.05) is 69.3 Å². The third-order valence-corrected chi connectivity index (χ3v) is 15.6. The standard InChI is InChI=1S/2C36H49N3O2.2C2H6N.2Zr/c2*1-20(2)27-14-12-15-28(21(3)4)33(27)35(40)37-25(10)31-18-24(9)19-32(39-31)26(11)38-36(41)34-29(22(5)6)16-13-17-30(34)23(7)8;2*1-3-2;;/h2*12-18,20-23,39H,19H2,1-11H3,(H,37,40)(H,38,41);2*1-2H3;;/q;;2*-1;+2;+4. The van der Waals surface area contributed by atoms with Gasteiger partial charge in [0.25, 0.3) is 23.6 Å². The number of amides is 4. The van der Waals surface area contributed by atoms with Crippen LogP contribution in [0.1, 0.15) is 298 Å². The Morgan fingerprint density at radius 2 is 0.522 bits per heavy atom. The molecule has 0 aromatic heterocycles. The van der Waals surface area contributed by atoms with Gasteiger partial charge in [-0.3, -0.25) is 19.2 Å². The van der Waals surface area contributed by atoms with Crippen molar-refractivity contribution >= 4 is 23.6 Å². The van der Waals surface area contributed by atoms with E-state index in [1.807, 2.05) is 76.2 Å². The van der Waals surface area contributed by atoms with Gasteiger partial charge in [0.2, 0.25) is 0 Å². The molecule has 6 rings (SSSR count). The quantitative estimate of drug-likeness (QED) is 0.0653. The van der Waals surface area contributed by atoms with Crippen molar-refractivity contribution < 1.29 is 71.6 Å². The van der Waals surface area contributed by atoms with Gasteiger partial charge in [-0.15, -0.1) is 0 Å². The first-order valence-electron chi connectivity index (χ1n) is 31.7. The second-order valence-corrected chi connectivity index (χ2v) is 26.1. The minimum Gasteiger partial charge on any atom is -0.668 e. The molecule has 2 aliphatic heterocycles. The Balaban J connectivity index is 0.000000810. The molecule has 90 heavy (non-hydrogen) atoms. The molecule has 0 saturated heterocycles. The molecule has 0 unspecified atom stereocenters. The summed E-state index contributed by atoms with van der Waals surface area (Å²) < 4.78 is 0. The van der Waals surface area contributed by atoms with Crippen molar-refractivity contribution in [2.75, 3.05) is 28.2 Å². The maximum atomic E-state index is 13.7. The second-order valence-electron chi connectivity index (χ2n) is 26.1. The van der Waals surface area contributed by atoms with E-state index in [2.05, 4.69) is 204 Å². The largest absolute Gasteiger partial charge is 4.00 e. The summed E-state index contributed by atoms with van der Waals surface area (Å²) in [5.41, 5.74) is 20.3. The fourth-order valence-electron chi connectivity index (χ4n) is 11.0. The molecule has 0 spiro atoms. The SMILES string of the molecule is CC1=CC(=C(C)NC(=O)c2c(C(C)C)cccc2C(C)C)NC(=C(C)NC(=O)c2c(C(C)C)cccc2C(C)C)C1.CC1=CC(=C(C)NC(=O)c2c(C(C)C)cccc2C(C)C)NC(=C(C)NC(=O)c2c(C(C)C)cccc2C(C)C)C1.C[N-]C.C[N-]C.[Zr+2].[Zr+4]. The van der Waals surface area contributed by atoms with E-state index in [9.17, 15) is 19.2 Å². The van der Waals surface area contributed by atoms with Crippen LogP contribution in [0.25, 0.3) is 10.6 Å². The molecule has 0 atom stereocenters. The Hall–Kier alpha value is -5.51. The minimum atomic E-state index is -0.0940. The minimum absolute atomic E-state index is 0. The molecular weight excluding hydrogens is 1270 g/mol. The average Bonchev–Trinajstić information content (AvgIpc) is 1.11. The normalized spacial score (nSPS) is 15.1. The number of allylic oxidation sites excluding steroid dienone is 8. The predicted octanol–water partition coefficient (Wildman–Crippen LogP) is 18.7. The van der Waals surface area contributed by atoms with E-state index in [4.69, 9.17) is 0 Å². The van der Waals surface area contributed by atoms with E-state index in [0.29, 0.717) is 12.8 Å². The number of rotatable bonds is 16. The van der Waals surface area contributed by atoms with E-state index < -0.39 is 0 Å². The molecule has 0 bridgehead atoms. The van der Waals surface area contributed by atoms with Gasteiger partial charge in [-0.05, 0) is 146 Å². The Labute approximate surface area is 582 Å². The van der Waals surface area contributed by atoms with Gasteiger partial charge in [-0.25, -0.2) is 0 Å². The van der Waals surface area contributed by atoms with Crippen molar-refractivity contribution in [3.63, 3.8) is 0 Å². The van der Waals surface area contributed by atoms with E-state index in [1.54, 1.807) is 28.2 Å². The first-order valence-corrected chi connectivity index (χ1v) is 31.7. The van der Waals surface area contributed by atoms with Gasteiger partial charge in [0.05, 0.1) is 11.4 Å². The molecule has 2 aliphatic rings.